The fourth-order valence-corrected chi connectivity index (χ4v) is 3.11. The Labute approximate surface area is 117 Å². The molecular weight excluding hydrogens is 323 g/mol. The standard InChI is InChI=1S/C13H9BrClFS/c14-10-5-1-2-7-12(10)17-8-9-4-3-6-11(15)13(9)16/h1-7H,8H2. The Morgan fingerprint density at radius 3 is 2.65 bits per heavy atom. The van der Waals surface area contributed by atoms with Crippen LogP contribution in [0.2, 0.25) is 5.02 Å². The molecule has 0 heterocycles. The summed E-state index contributed by atoms with van der Waals surface area (Å²) in [6, 6.07) is 13.0. The lowest BCUT2D eigenvalue weighted by Crippen LogP contribution is -1.88. The lowest BCUT2D eigenvalue weighted by molar-refractivity contribution is 0.618. The molecule has 0 fully saturated rings. The van der Waals surface area contributed by atoms with Crippen molar-refractivity contribution in [3.8, 4) is 0 Å². The summed E-state index contributed by atoms with van der Waals surface area (Å²) in [6.45, 7) is 0. The van der Waals surface area contributed by atoms with E-state index in [4.69, 9.17) is 11.6 Å². The second kappa shape index (κ2) is 5.89. The Kier molecular flexibility index (Phi) is 4.48. The van der Waals surface area contributed by atoms with Gasteiger partial charge in [0.2, 0.25) is 0 Å². The van der Waals surface area contributed by atoms with Crippen LogP contribution in [0.3, 0.4) is 0 Å². The molecule has 0 bridgehead atoms. The van der Waals surface area contributed by atoms with Crippen LogP contribution in [0.4, 0.5) is 4.39 Å². The average molecular weight is 332 g/mol. The van der Waals surface area contributed by atoms with Crippen molar-refractivity contribution in [3.05, 3.63) is 63.3 Å². The van der Waals surface area contributed by atoms with E-state index in [1.54, 1.807) is 30.0 Å². The maximum atomic E-state index is 13.6. The maximum Gasteiger partial charge on any atom is 0.145 e. The number of hydrogen-bond acceptors (Lipinski definition) is 1. The lowest BCUT2D eigenvalue weighted by atomic mass is 10.2. The van der Waals surface area contributed by atoms with E-state index in [0.717, 1.165) is 9.37 Å². The van der Waals surface area contributed by atoms with E-state index in [-0.39, 0.29) is 10.8 Å². The lowest BCUT2D eigenvalue weighted by Gasteiger charge is -2.06. The molecule has 0 aromatic heterocycles. The zero-order valence-electron chi connectivity index (χ0n) is 8.79. The summed E-state index contributed by atoms with van der Waals surface area (Å²) in [5.41, 5.74) is 0.623. The SMILES string of the molecule is Fc1c(Cl)cccc1CSc1ccccc1Br. The third kappa shape index (κ3) is 3.24. The highest BCUT2D eigenvalue weighted by molar-refractivity contribution is 9.10. The van der Waals surface area contributed by atoms with E-state index in [0.29, 0.717) is 11.3 Å². The highest BCUT2D eigenvalue weighted by Crippen LogP contribution is 2.31. The molecule has 0 aliphatic rings. The van der Waals surface area contributed by atoms with Crippen LogP contribution in [0.1, 0.15) is 5.56 Å². The first kappa shape index (κ1) is 12.9. The smallest absolute Gasteiger partial charge is 0.145 e. The van der Waals surface area contributed by atoms with E-state index in [1.165, 1.54) is 0 Å². The number of benzene rings is 2. The zero-order valence-corrected chi connectivity index (χ0v) is 11.9. The Bertz CT molecular complexity index is 531. The average Bonchev–Trinajstić information content (AvgIpc) is 2.33. The van der Waals surface area contributed by atoms with Crippen molar-refractivity contribution in [3.63, 3.8) is 0 Å². The molecule has 0 saturated carbocycles. The summed E-state index contributed by atoms with van der Waals surface area (Å²) in [5.74, 6) is 0.239. The van der Waals surface area contributed by atoms with Crippen molar-refractivity contribution in [2.24, 2.45) is 0 Å². The second-order valence-electron chi connectivity index (χ2n) is 3.43. The topological polar surface area (TPSA) is 0 Å². The Morgan fingerprint density at radius 1 is 1.12 bits per heavy atom. The summed E-state index contributed by atoms with van der Waals surface area (Å²) >= 11 is 10.8. The molecule has 0 amide bonds. The summed E-state index contributed by atoms with van der Waals surface area (Å²) in [7, 11) is 0. The third-order valence-corrected chi connectivity index (χ3v) is 4.62. The molecule has 17 heavy (non-hydrogen) atoms. The van der Waals surface area contributed by atoms with Crippen molar-refractivity contribution in [2.45, 2.75) is 10.6 Å². The van der Waals surface area contributed by atoms with Crippen molar-refractivity contribution in [1.82, 2.24) is 0 Å². The minimum Gasteiger partial charge on any atom is -0.205 e. The second-order valence-corrected chi connectivity index (χ2v) is 5.71. The summed E-state index contributed by atoms with van der Waals surface area (Å²) in [4.78, 5) is 1.09. The van der Waals surface area contributed by atoms with E-state index in [9.17, 15) is 4.39 Å². The normalized spacial score (nSPS) is 10.5. The maximum absolute atomic E-state index is 13.6. The van der Waals surface area contributed by atoms with Crippen molar-refractivity contribution in [2.75, 3.05) is 0 Å². The van der Waals surface area contributed by atoms with Gasteiger partial charge >= 0.3 is 0 Å². The first-order valence-corrected chi connectivity index (χ1v) is 7.14. The number of thioether (sulfide) groups is 1. The largest absolute Gasteiger partial charge is 0.205 e. The Hall–Kier alpha value is -0.510. The van der Waals surface area contributed by atoms with Crippen LogP contribution < -0.4 is 0 Å². The fourth-order valence-electron chi connectivity index (χ4n) is 1.38. The first-order valence-electron chi connectivity index (χ1n) is 4.98. The molecule has 0 spiro atoms. The van der Waals surface area contributed by atoms with Gasteiger partial charge in [0.25, 0.3) is 0 Å². The van der Waals surface area contributed by atoms with Gasteiger partial charge in [-0.3, -0.25) is 0 Å². The van der Waals surface area contributed by atoms with E-state index >= 15 is 0 Å². The van der Waals surface area contributed by atoms with E-state index in [2.05, 4.69) is 15.9 Å². The number of halogens is 3. The first-order chi connectivity index (χ1) is 8.18. The van der Waals surface area contributed by atoms with Gasteiger partial charge in [-0.2, -0.15) is 0 Å². The molecule has 2 rings (SSSR count). The van der Waals surface area contributed by atoms with Gasteiger partial charge in [0.05, 0.1) is 5.02 Å². The van der Waals surface area contributed by atoms with Crippen LogP contribution in [-0.4, -0.2) is 0 Å². The van der Waals surface area contributed by atoms with Crippen LogP contribution in [0, 0.1) is 5.82 Å². The van der Waals surface area contributed by atoms with Gasteiger partial charge in [-0.1, -0.05) is 35.9 Å². The Balaban J connectivity index is 2.13. The molecule has 0 N–H and O–H groups in total. The van der Waals surface area contributed by atoms with Crippen LogP contribution in [0.15, 0.2) is 51.8 Å². The molecule has 2 aromatic carbocycles. The quantitative estimate of drug-likeness (QED) is 0.666. The van der Waals surface area contributed by atoms with Crippen LogP contribution in [0.5, 0.6) is 0 Å². The van der Waals surface area contributed by atoms with Gasteiger partial charge < -0.3 is 0 Å². The van der Waals surface area contributed by atoms with Crippen molar-refractivity contribution < 1.29 is 4.39 Å². The molecule has 2 aromatic rings. The Morgan fingerprint density at radius 2 is 1.88 bits per heavy atom. The molecule has 88 valence electrons. The molecule has 0 aliphatic heterocycles. The van der Waals surface area contributed by atoms with E-state index in [1.807, 2.05) is 24.3 Å². The number of hydrogen-bond donors (Lipinski definition) is 0. The van der Waals surface area contributed by atoms with Gasteiger partial charge in [-0.15, -0.1) is 11.8 Å². The minimum absolute atomic E-state index is 0.176. The van der Waals surface area contributed by atoms with Crippen molar-refractivity contribution >= 4 is 39.3 Å². The van der Waals surface area contributed by atoms with Crippen LogP contribution >= 0.6 is 39.3 Å². The van der Waals surface area contributed by atoms with Gasteiger partial charge in [0, 0.05) is 15.1 Å². The molecule has 0 nitrogen and oxygen atoms in total. The third-order valence-electron chi connectivity index (χ3n) is 2.25. The van der Waals surface area contributed by atoms with Crippen LogP contribution in [-0.2, 0) is 5.75 Å². The summed E-state index contributed by atoms with van der Waals surface area (Å²) in [5, 5.41) is 0.176. The van der Waals surface area contributed by atoms with E-state index < -0.39 is 0 Å². The monoisotopic (exact) mass is 330 g/mol. The minimum atomic E-state index is -0.325. The van der Waals surface area contributed by atoms with Gasteiger partial charge in [-0.25, -0.2) is 4.39 Å². The molecule has 0 saturated heterocycles. The molecule has 0 unspecified atom stereocenters. The van der Waals surface area contributed by atoms with Gasteiger partial charge in [0.1, 0.15) is 5.82 Å². The van der Waals surface area contributed by atoms with Gasteiger partial charge in [0.15, 0.2) is 0 Å². The molecule has 4 heteroatoms. The molecule has 0 aliphatic carbocycles. The summed E-state index contributed by atoms with van der Waals surface area (Å²) < 4.78 is 14.7. The van der Waals surface area contributed by atoms with Gasteiger partial charge in [-0.05, 0) is 39.7 Å². The highest BCUT2D eigenvalue weighted by atomic mass is 79.9. The van der Waals surface area contributed by atoms with Crippen molar-refractivity contribution in [1.29, 1.82) is 0 Å². The fraction of sp³-hybridized carbons (Fsp3) is 0.0769. The molecule has 0 radical (unpaired) electrons. The van der Waals surface area contributed by atoms with Crippen LogP contribution in [0.25, 0.3) is 0 Å². The predicted molar refractivity (Wildman–Crippen MR) is 75.1 cm³/mol. The summed E-state index contributed by atoms with van der Waals surface area (Å²) in [6.07, 6.45) is 0. The number of rotatable bonds is 3. The highest BCUT2D eigenvalue weighted by Gasteiger charge is 2.07. The molecule has 0 atom stereocenters. The molecular formula is C13H9BrClFS. The zero-order chi connectivity index (χ0) is 12.3. The predicted octanol–water partition coefficient (Wildman–Crippen LogP) is 5.53.